The van der Waals surface area contributed by atoms with Crippen molar-refractivity contribution in [3.8, 4) is 0 Å². The third-order valence-corrected chi connectivity index (χ3v) is 3.11. The van der Waals surface area contributed by atoms with Crippen molar-refractivity contribution in [2.24, 2.45) is 17.8 Å². The molecule has 1 aliphatic carbocycles. The lowest BCUT2D eigenvalue weighted by atomic mass is 9.74. The van der Waals surface area contributed by atoms with Gasteiger partial charge in [0, 0.05) is 5.57 Å². The van der Waals surface area contributed by atoms with E-state index in [1.54, 1.807) is 0 Å². The molecule has 80 valence electrons. The van der Waals surface area contributed by atoms with E-state index in [0.29, 0.717) is 17.8 Å². The van der Waals surface area contributed by atoms with Crippen LogP contribution in [0.1, 0.15) is 40.0 Å². The van der Waals surface area contributed by atoms with Crippen LogP contribution in [-0.2, 0) is 0 Å². The standard InChI is InChI=1S/C11H19NO2/c1-8(2)11-5-4-9(3)6-10(11)7-12(13)14/h7-9,11H,4-6H2,1-3H3/b10-7+/t9-,11+/m1/s1. The second kappa shape index (κ2) is 4.58. The van der Waals surface area contributed by atoms with Crippen molar-refractivity contribution < 1.29 is 4.92 Å². The van der Waals surface area contributed by atoms with Crippen LogP contribution in [0.4, 0.5) is 0 Å². The van der Waals surface area contributed by atoms with E-state index in [-0.39, 0.29) is 4.92 Å². The molecule has 0 aromatic rings. The van der Waals surface area contributed by atoms with E-state index in [1.807, 2.05) is 0 Å². The molecule has 0 saturated heterocycles. The monoisotopic (exact) mass is 197 g/mol. The minimum Gasteiger partial charge on any atom is -0.259 e. The van der Waals surface area contributed by atoms with Crippen LogP contribution >= 0.6 is 0 Å². The van der Waals surface area contributed by atoms with E-state index in [9.17, 15) is 10.1 Å². The lowest BCUT2D eigenvalue weighted by Crippen LogP contribution is -2.20. The summed E-state index contributed by atoms with van der Waals surface area (Å²) in [5, 5.41) is 10.5. The quantitative estimate of drug-likeness (QED) is 0.503. The Morgan fingerprint density at radius 1 is 1.50 bits per heavy atom. The first-order valence-electron chi connectivity index (χ1n) is 5.34. The summed E-state index contributed by atoms with van der Waals surface area (Å²) in [6.07, 6.45) is 4.46. The van der Waals surface area contributed by atoms with Gasteiger partial charge in [0.1, 0.15) is 0 Å². The van der Waals surface area contributed by atoms with Crippen molar-refractivity contribution in [2.75, 3.05) is 0 Å². The molecular formula is C11H19NO2. The van der Waals surface area contributed by atoms with Crippen LogP contribution in [0.15, 0.2) is 11.8 Å². The fourth-order valence-electron chi connectivity index (χ4n) is 2.35. The lowest BCUT2D eigenvalue weighted by Gasteiger charge is -2.30. The molecule has 14 heavy (non-hydrogen) atoms. The maximum atomic E-state index is 10.5. The van der Waals surface area contributed by atoms with Gasteiger partial charge in [-0.3, -0.25) is 10.1 Å². The largest absolute Gasteiger partial charge is 0.259 e. The summed E-state index contributed by atoms with van der Waals surface area (Å²) in [6, 6.07) is 0. The van der Waals surface area contributed by atoms with Crippen LogP contribution in [0.3, 0.4) is 0 Å². The predicted molar refractivity (Wildman–Crippen MR) is 56.4 cm³/mol. The molecule has 3 nitrogen and oxygen atoms in total. The highest BCUT2D eigenvalue weighted by Gasteiger charge is 2.27. The molecule has 0 aromatic heterocycles. The maximum absolute atomic E-state index is 10.5. The number of allylic oxidation sites excluding steroid dienone is 1. The molecule has 3 heteroatoms. The minimum absolute atomic E-state index is 0.303. The first kappa shape index (κ1) is 11.2. The molecule has 1 rings (SSSR count). The number of hydrogen-bond acceptors (Lipinski definition) is 2. The second-order valence-corrected chi connectivity index (χ2v) is 4.73. The van der Waals surface area contributed by atoms with Gasteiger partial charge in [-0.1, -0.05) is 20.8 Å². The van der Waals surface area contributed by atoms with Gasteiger partial charge in [0.15, 0.2) is 0 Å². The number of rotatable bonds is 2. The third kappa shape index (κ3) is 2.82. The van der Waals surface area contributed by atoms with Crippen LogP contribution < -0.4 is 0 Å². The summed E-state index contributed by atoms with van der Waals surface area (Å²) in [7, 11) is 0. The van der Waals surface area contributed by atoms with Crippen LogP contribution in [-0.4, -0.2) is 4.92 Å². The molecule has 0 aliphatic heterocycles. The van der Waals surface area contributed by atoms with E-state index < -0.39 is 0 Å². The molecule has 2 atom stereocenters. The first-order chi connectivity index (χ1) is 6.50. The highest BCUT2D eigenvalue weighted by Crippen LogP contribution is 2.37. The highest BCUT2D eigenvalue weighted by atomic mass is 16.6. The number of hydrogen-bond donors (Lipinski definition) is 0. The number of nitro groups is 1. The van der Waals surface area contributed by atoms with Crippen molar-refractivity contribution in [1.82, 2.24) is 0 Å². The van der Waals surface area contributed by atoms with Gasteiger partial charge in [-0.15, -0.1) is 0 Å². The molecule has 0 N–H and O–H groups in total. The summed E-state index contributed by atoms with van der Waals surface area (Å²) in [5.41, 5.74) is 1.05. The first-order valence-corrected chi connectivity index (χ1v) is 5.34. The smallest absolute Gasteiger partial charge is 0.233 e. The Morgan fingerprint density at radius 2 is 2.14 bits per heavy atom. The minimum atomic E-state index is -0.303. The Hall–Kier alpha value is -0.860. The Morgan fingerprint density at radius 3 is 2.64 bits per heavy atom. The maximum Gasteiger partial charge on any atom is 0.233 e. The van der Waals surface area contributed by atoms with Gasteiger partial charge in [0.25, 0.3) is 0 Å². The summed E-state index contributed by atoms with van der Waals surface area (Å²) in [4.78, 5) is 10.2. The van der Waals surface area contributed by atoms with Crippen LogP contribution in [0.2, 0.25) is 0 Å². The zero-order valence-electron chi connectivity index (χ0n) is 9.19. The average molecular weight is 197 g/mol. The Labute approximate surface area is 85.3 Å². The van der Waals surface area contributed by atoms with Crippen molar-refractivity contribution in [3.05, 3.63) is 21.9 Å². The summed E-state index contributed by atoms with van der Waals surface area (Å²) in [6.45, 7) is 6.47. The molecule has 0 unspecified atom stereocenters. The molecule has 0 amide bonds. The van der Waals surface area contributed by atoms with Gasteiger partial charge in [0.2, 0.25) is 6.20 Å². The summed E-state index contributed by atoms with van der Waals surface area (Å²) < 4.78 is 0. The van der Waals surface area contributed by atoms with Crippen molar-refractivity contribution >= 4 is 0 Å². The van der Waals surface area contributed by atoms with Gasteiger partial charge >= 0.3 is 0 Å². The molecule has 0 radical (unpaired) electrons. The second-order valence-electron chi connectivity index (χ2n) is 4.73. The molecule has 1 aliphatic rings. The van der Waals surface area contributed by atoms with Gasteiger partial charge < -0.3 is 0 Å². The van der Waals surface area contributed by atoms with Crippen LogP contribution in [0.5, 0.6) is 0 Å². The van der Waals surface area contributed by atoms with E-state index in [4.69, 9.17) is 0 Å². The molecule has 1 saturated carbocycles. The average Bonchev–Trinajstić information content (AvgIpc) is 2.01. The topological polar surface area (TPSA) is 43.1 Å². The zero-order chi connectivity index (χ0) is 10.7. The van der Waals surface area contributed by atoms with E-state index in [0.717, 1.165) is 18.4 Å². The molecule has 0 aromatic carbocycles. The summed E-state index contributed by atoms with van der Waals surface area (Å²) in [5.74, 6) is 1.56. The van der Waals surface area contributed by atoms with Crippen molar-refractivity contribution in [3.63, 3.8) is 0 Å². The van der Waals surface area contributed by atoms with Gasteiger partial charge in [-0.25, -0.2) is 0 Å². The van der Waals surface area contributed by atoms with E-state index in [2.05, 4.69) is 20.8 Å². The zero-order valence-corrected chi connectivity index (χ0v) is 9.19. The molecular weight excluding hydrogens is 178 g/mol. The van der Waals surface area contributed by atoms with Crippen LogP contribution in [0.25, 0.3) is 0 Å². The summed E-state index contributed by atoms with van der Waals surface area (Å²) >= 11 is 0. The van der Waals surface area contributed by atoms with E-state index >= 15 is 0 Å². The third-order valence-electron chi connectivity index (χ3n) is 3.11. The van der Waals surface area contributed by atoms with Gasteiger partial charge in [-0.05, 0) is 37.0 Å². The molecule has 0 bridgehead atoms. The molecule has 0 heterocycles. The molecule has 0 spiro atoms. The Balaban J connectivity index is 2.78. The van der Waals surface area contributed by atoms with E-state index in [1.165, 1.54) is 12.6 Å². The Kier molecular flexibility index (Phi) is 3.67. The molecule has 1 fully saturated rings. The van der Waals surface area contributed by atoms with Gasteiger partial charge in [0.05, 0.1) is 4.92 Å². The number of nitrogens with zero attached hydrogens (tertiary/aromatic N) is 1. The Bertz CT molecular complexity index is 246. The highest BCUT2D eigenvalue weighted by molar-refractivity contribution is 5.08. The van der Waals surface area contributed by atoms with Crippen molar-refractivity contribution in [1.29, 1.82) is 0 Å². The SMILES string of the molecule is CC(C)[C@@H]1CC[C@@H](C)C/C1=C\[N+](=O)[O-]. The predicted octanol–water partition coefficient (Wildman–Crippen LogP) is 3.24. The fourth-order valence-corrected chi connectivity index (χ4v) is 2.35. The van der Waals surface area contributed by atoms with Crippen molar-refractivity contribution in [2.45, 2.75) is 40.0 Å². The normalized spacial score (nSPS) is 31.0. The van der Waals surface area contributed by atoms with Gasteiger partial charge in [-0.2, -0.15) is 0 Å². The fraction of sp³-hybridized carbons (Fsp3) is 0.818. The van der Waals surface area contributed by atoms with Crippen LogP contribution in [0, 0.1) is 27.9 Å². The lowest BCUT2D eigenvalue weighted by molar-refractivity contribution is -0.404.